The molecule has 0 fully saturated rings. The minimum Gasteiger partial charge on any atom is -0.494 e. The average molecular weight is 356 g/mol. The quantitative estimate of drug-likeness (QED) is 0.798. The third kappa shape index (κ3) is 3.44. The number of hydrogen-bond donors (Lipinski definition) is 2. The SMILES string of the molecule is CCOc1cccc(N/N=C2\CCC(C)n3c2ncc(C(=O)O)c3=O)c1. The van der Waals surface area contributed by atoms with Crippen molar-refractivity contribution >= 4 is 17.4 Å². The number of ether oxygens (including phenoxy) is 1. The van der Waals surface area contributed by atoms with E-state index in [1.54, 1.807) is 0 Å². The first-order valence-electron chi connectivity index (χ1n) is 8.42. The Morgan fingerprint density at radius 3 is 3.04 bits per heavy atom. The lowest BCUT2D eigenvalue weighted by atomic mass is 10.0. The van der Waals surface area contributed by atoms with Crippen LogP contribution >= 0.6 is 0 Å². The first-order chi connectivity index (χ1) is 12.5. The molecule has 1 aliphatic heterocycles. The van der Waals surface area contributed by atoms with Gasteiger partial charge < -0.3 is 9.84 Å². The van der Waals surface area contributed by atoms with Crippen molar-refractivity contribution in [3.05, 3.63) is 52.2 Å². The highest BCUT2D eigenvalue weighted by Gasteiger charge is 2.26. The number of hydrogen-bond acceptors (Lipinski definition) is 6. The van der Waals surface area contributed by atoms with Gasteiger partial charge in [0.15, 0.2) is 5.82 Å². The molecular formula is C18H20N4O4. The number of fused-ring (bicyclic) bond motifs is 1. The van der Waals surface area contributed by atoms with Gasteiger partial charge >= 0.3 is 5.97 Å². The van der Waals surface area contributed by atoms with Crippen molar-refractivity contribution in [1.82, 2.24) is 9.55 Å². The molecule has 1 aromatic carbocycles. The van der Waals surface area contributed by atoms with Crippen molar-refractivity contribution in [1.29, 1.82) is 0 Å². The summed E-state index contributed by atoms with van der Waals surface area (Å²) >= 11 is 0. The predicted octanol–water partition coefficient (Wildman–Crippen LogP) is 2.51. The van der Waals surface area contributed by atoms with Gasteiger partial charge in [0.1, 0.15) is 17.0 Å². The van der Waals surface area contributed by atoms with E-state index in [0.717, 1.165) is 17.6 Å². The third-order valence-electron chi connectivity index (χ3n) is 4.19. The highest BCUT2D eigenvalue weighted by molar-refractivity contribution is 5.99. The summed E-state index contributed by atoms with van der Waals surface area (Å²) in [5.74, 6) is -0.150. The molecule has 0 saturated carbocycles. The summed E-state index contributed by atoms with van der Waals surface area (Å²) in [4.78, 5) is 27.8. The van der Waals surface area contributed by atoms with E-state index in [4.69, 9.17) is 9.84 Å². The highest BCUT2D eigenvalue weighted by atomic mass is 16.5. The first-order valence-corrected chi connectivity index (χ1v) is 8.42. The number of hydrazone groups is 1. The fourth-order valence-electron chi connectivity index (χ4n) is 2.88. The van der Waals surface area contributed by atoms with E-state index in [1.807, 2.05) is 38.1 Å². The van der Waals surface area contributed by atoms with Crippen LogP contribution in [0.2, 0.25) is 0 Å². The smallest absolute Gasteiger partial charge is 0.342 e. The second kappa shape index (κ2) is 7.38. The van der Waals surface area contributed by atoms with Gasteiger partial charge in [0, 0.05) is 18.3 Å². The monoisotopic (exact) mass is 356 g/mol. The fraction of sp³-hybridized carbons (Fsp3) is 0.333. The van der Waals surface area contributed by atoms with Crippen molar-refractivity contribution in [3.63, 3.8) is 0 Å². The number of anilines is 1. The molecule has 0 radical (unpaired) electrons. The van der Waals surface area contributed by atoms with Crippen molar-refractivity contribution in [2.45, 2.75) is 32.7 Å². The standard InChI is InChI=1S/C18H20N4O4/c1-3-26-13-6-4-5-12(9-13)20-21-15-8-7-11(2)22-16(15)19-10-14(17(22)23)18(24)25/h4-6,9-11,20H,3,7-8H2,1-2H3,(H,24,25)/b21-15+. The summed E-state index contributed by atoms with van der Waals surface area (Å²) in [6.07, 6.45) is 2.41. The number of benzene rings is 1. The Labute approximate surface area is 150 Å². The van der Waals surface area contributed by atoms with Crippen LogP contribution in [0.4, 0.5) is 5.69 Å². The van der Waals surface area contributed by atoms with E-state index in [0.29, 0.717) is 31.0 Å². The summed E-state index contributed by atoms with van der Waals surface area (Å²) in [5, 5.41) is 13.5. The van der Waals surface area contributed by atoms with Crippen LogP contribution in [0.5, 0.6) is 5.75 Å². The molecule has 0 aliphatic carbocycles. The summed E-state index contributed by atoms with van der Waals surface area (Å²) in [6, 6.07) is 7.25. The second-order valence-electron chi connectivity index (χ2n) is 5.99. The number of nitrogens with one attached hydrogen (secondary N) is 1. The van der Waals surface area contributed by atoms with E-state index in [-0.39, 0.29) is 11.6 Å². The molecule has 26 heavy (non-hydrogen) atoms. The normalized spacial score (nSPS) is 17.6. The molecule has 1 unspecified atom stereocenters. The van der Waals surface area contributed by atoms with Crippen molar-refractivity contribution in [2.24, 2.45) is 5.10 Å². The molecule has 8 nitrogen and oxygen atoms in total. The summed E-state index contributed by atoms with van der Waals surface area (Å²) in [6.45, 7) is 4.35. The maximum atomic E-state index is 12.5. The molecule has 0 amide bonds. The van der Waals surface area contributed by atoms with Gasteiger partial charge in [0.2, 0.25) is 0 Å². The Kier molecular flexibility index (Phi) is 5.01. The van der Waals surface area contributed by atoms with Crippen LogP contribution in [-0.2, 0) is 0 Å². The van der Waals surface area contributed by atoms with Gasteiger partial charge in [-0.15, -0.1) is 0 Å². The molecule has 0 saturated heterocycles. The molecule has 8 heteroatoms. The fourth-order valence-corrected chi connectivity index (χ4v) is 2.88. The Hall–Kier alpha value is -3.16. The Bertz CT molecular complexity index is 920. The van der Waals surface area contributed by atoms with Crippen LogP contribution in [-0.4, -0.2) is 32.9 Å². The lowest BCUT2D eigenvalue weighted by Gasteiger charge is -2.25. The lowest BCUT2D eigenvalue weighted by molar-refractivity contribution is 0.0693. The molecule has 0 spiro atoms. The lowest BCUT2D eigenvalue weighted by Crippen LogP contribution is -2.37. The van der Waals surface area contributed by atoms with E-state index >= 15 is 0 Å². The van der Waals surface area contributed by atoms with Gasteiger partial charge in [0.25, 0.3) is 5.56 Å². The van der Waals surface area contributed by atoms with Crippen LogP contribution in [0.1, 0.15) is 48.9 Å². The van der Waals surface area contributed by atoms with Crippen molar-refractivity contribution < 1.29 is 14.6 Å². The van der Waals surface area contributed by atoms with Crippen LogP contribution in [0.15, 0.2) is 40.4 Å². The number of aromatic nitrogens is 2. The van der Waals surface area contributed by atoms with E-state index in [2.05, 4.69) is 15.5 Å². The van der Waals surface area contributed by atoms with Crippen LogP contribution in [0.25, 0.3) is 0 Å². The number of carboxylic acids is 1. The highest BCUT2D eigenvalue weighted by Crippen LogP contribution is 2.23. The zero-order valence-electron chi connectivity index (χ0n) is 14.6. The molecule has 2 heterocycles. The van der Waals surface area contributed by atoms with Gasteiger partial charge in [-0.05, 0) is 38.8 Å². The largest absolute Gasteiger partial charge is 0.494 e. The molecule has 1 aliphatic rings. The van der Waals surface area contributed by atoms with Crippen LogP contribution in [0.3, 0.4) is 0 Å². The molecule has 0 bridgehead atoms. The zero-order chi connectivity index (χ0) is 18.7. The minimum atomic E-state index is -1.28. The second-order valence-corrected chi connectivity index (χ2v) is 5.99. The minimum absolute atomic E-state index is 0.135. The average Bonchev–Trinajstić information content (AvgIpc) is 2.61. The topological polar surface area (TPSA) is 106 Å². The summed E-state index contributed by atoms with van der Waals surface area (Å²) < 4.78 is 6.86. The van der Waals surface area contributed by atoms with Gasteiger partial charge in [-0.2, -0.15) is 5.10 Å². The van der Waals surface area contributed by atoms with E-state index < -0.39 is 11.5 Å². The van der Waals surface area contributed by atoms with Crippen LogP contribution < -0.4 is 15.7 Å². The van der Waals surface area contributed by atoms with Crippen molar-refractivity contribution in [3.8, 4) is 5.75 Å². The summed E-state index contributed by atoms with van der Waals surface area (Å²) in [5.41, 5.74) is 3.43. The third-order valence-corrected chi connectivity index (χ3v) is 4.19. The van der Waals surface area contributed by atoms with E-state index in [1.165, 1.54) is 4.57 Å². The van der Waals surface area contributed by atoms with Gasteiger partial charge in [-0.1, -0.05) is 6.07 Å². The van der Waals surface area contributed by atoms with E-state index in [9.17, 15) is 9.59 Å². The van der Waals surface area contributed by atoms with Gasteiger partial charge in [-0.25, -0.2) is 9.78 Å². The maximum Gasteiger partial charge on any atom is 0.342 e. The maximum absolute atomic E-state index is 12.5. The predicted molar refractivity (Wildman–Crippen MR) is 97.2 cm³/mol. The Morgan fingerprint density at radius 2 is 2.31 bits per heavy atom. The van der Waals surface area contributed by atoms with Crippen LogP contribution in [0, 0.1) is 0 Å². The number of carbonyl (C=O) groups is 1. The molecule has 3 rings (SSSR count). The molecule has 136 valence electrons. The Morgan fingerprint density at radius 1 is 1.50 bits per heavy atom. The first kappa shape index (κ1) is 17.7. The number of aromatic carboxylic acids is 1. The number of carboxylic acid groups (broad SMARTS) is 1. The molecule has 2 N–H and O–H groups in total. The molecular weight excluding hydrogens is 336 g/mol. The van der Waals surface area contributed by atoms with Gasteiger partial charge in [-0.3, -0.25) is 14.8 Å². The summed E-state index contributed by atoms with van der Waals surface area (Å²) in [7, 11) is 0. The molecule has 2 aromatic rings. The zero-order valence-corrected chi connectivity index (χ0v) is 14.6. The van der Waals surface area contributed by atoms with Gasteiger partial charge in [0.05, 0.1) is 12.3 Å². The number of nitrogens with zero attached hydrogens (tertiary/aromatic N) is 3. The molecule has 1 atom stereocenters. The number of rotatable bonds is 5. The molecule has 1 aromatic heterocycles. The van der Waals surface area contributed by atoms with Crippen molar-refractivity contribution in [2.75, 3.05) is 12.0 Å². The Balaban J connectivity index is 1.94.